The monoisotopic (exact) mass is 204 g/mol. The van der Waals surface area contributed by atoms with Crippen molar-refractivity contribution in [1.82, 2.24) is 0 Å². The largest absolute Gasteiger partial charge is 0.397 e. The fraction of sp³-hybridized carbons (Fsp3) is 0.538. The van der Waals surface area contributed by atoms with Crippen LogP contribution in [0.3, 0.4) is 0 Å². The normalized spacial score (nSPS) is 16.8. The first-order valence-corrected chi connectivity index (χ1v) is 5.81. The molecule has 1 aromatic rings. The molecule has 1 aromatic carbocycles. The Morgan fingerprint density at radius 2 is 1.73 bits per heavy atom. The number of aryl methyl sites for hydroxylation is 1. The summed E-state index contributed by atoms with van der Waals surface area (Å²) in [5.74, 6) is 0. The zero-order valence-corrected chi connectivity index (χ0v) is 9.71. The number of nitrogen functional groups attached to an aromatic ring is 1. The highest BCUT2D eigenvalue weighted by Gasteiger charge is 2.16. The Hall–Kier alpha value is -1.18. The van der Waals surface area contributed by atoms with Gasteiger partial charge in [0, 0.05) is 13.1 Å². The van der Waals surface area contributed by atoms with Gasteiger partial charge in [0.2, 0.25) is 0 Å². The second-order valence-electron chi connectivity index (χ2n) is 4.49. The van der Waals surface area contributed by atoms with Gasteiger partial charge in [0.1, 0.15) is 0 Å². The number of anilines is 2. The van der Waals surface area contributed by atoms with Crippen molar-refractivity contribution in [3.05, 3.63) is 23.3 Å². The minimum atomic E-state index is 0.931. The summed E-state index contributed by atoms with van der Waals surface area (Å²) in [7, 11) is 0. The van der Waals surface area contributed by atoms with E-state index in [4.69, 9.17) is 5.73 Å². The Kier molecular flexibility index (Phi) is 2.85. The first-order valence-electron chi connectivity index (χ1n) is 5.81. The van der Waals surface area contributed by atoms with E-state index in [0.29, 0.717) is 0 Å². The molecular weight excluding hydrogens is 184 g/mol. The molecular formula is C13H20N2. The maximum absolute atomic E-state index is 6.08. The molecule has 0 amide bonds. The van der Waals surface area contributed by atoms with Gasteiger partial charge in [0.15, 0.2) is 0 Å². The summed E-state index contributed by atoms with van der Waals surface area (Å²) < 4.78 is 0. The predicted molar refractivity (Wildman–Crippen MR) is 66.4 cm³/mol. The summed E-state index contributed by atoms with van der Waals surface area (Å²) in [6.07, 6.45) is 3.96. The van der Waals surface area contributed by atoms with Crippen LogP contribution in [-0.2, 0) is 0 Å². The molecule has 1 aliphatic rings. The Balaban J connectivity index is 2.36. The van der Waals surface area contributed by atoms with Crippen molar-refractivity contribution >= 4 is 11.4 Å². The van der Waals surface area contributed by atoms with E-state index in [1.54, 1.807) is 0 Å². The van der Waals surface area contributed by atoms with Gasteiger partial charge in [0.05, 0.1) is 11.4 Å². The molecule has 0 saturated carbocycles. The number of nitrogens with zero attached hydrogens (tertiary/aromatic N) is 1. The average Bonchev–Trinajstić information content (AvgIpc) is 2.26. The number of hydrogen-bond donors (Lipinski definition) is 1. The first-order chi connectivity index (χ1) is 7.20. The van der Waals surface area contributed by atoms with Crippen LogP contribution in [-0.4, -0.2) is 13.1 Å². The van der Waals surface area contributed by atoms with Gasteiger partial charge < -0.3 is 10.6 Å². The summed E-state index contributed by atoms with van der Waals surface area (Å²) in [4.78, 5) is 2.45. The van der Waals surface area contributed by atoms with Crippen molar-refractivity contribution in [2.75, 3.05) is 23.7 Å². The zero-order chi connectivity index (χ0) is 10.8. The summed E-state index contributed by atoms with van der Waals surface area (Å²) in [6, 6.07) is 4.14. The highest BCUT2D eigenvalue weighted by atomic mass is 15.1. The van der Waals surface area contributed by atoms with E-state index >= 15 is 0 Å². The number of nitrogens with two attached hydrogens (primary N) is 1. The third-order valence-electron chi connectivity index (χ3n) is 3.41. The smallest absolute Gasteiger partial charge is 0.0632 e. The maximum atomic E-state index is 6.08. The number of benzene rings is 1. The molecule has 1 fully saturated rings. The van der Waals surface area contributed by atoms with E-state index in [9.17, 15) is 0 Å². The quantitative estimate of drug-likeness (QED) is 0.713. The van der Waals surface area contributed by atoms with Gasteiger partial charge in [0.25, 0.3) is 0 Å². The summed E-state index contributed by atoms with van der Waals surface area (Å²) in [5, 5.41) is 0. The molecule has 1 saturated heterocycles. The molecule has 0 unspecified atom stereocenters. The molecule has 0 aliphatic carbocycles. The van der Waals surface area contributed by atoms with Crippen molar-refractivity contribution in [1.29, 1.82) is 0 Å². The molecule has 1 heterocycles. The molecule has 0 aromatic heterocycles. The molecule has 0 atom stereocenters. The Morgan fingerprint density at radius 1 is 1.07 bits per heavy atom. The molecule has 2 N–H and O–H groups in total. The van der Waals surface area contributed by atoms with Gasteiger partial charge >= 0.3 is 0 Å². The van der Waals surface area contributed by atoms with E-state index in [2.05, 4.69) is 24.8 Å². The maximum Gasteiger partial charge on any atom is 0.0632 e. The minimum absolute atomic E-state index is 0.931. The predicted octanol–water partition coefficient (Wildman–Crippen LogP) is 2.88. The Labute approximate surface area is 92.1 Å². The third-order valence-corrected chi connectivity index (χ3v) is 3.41. The van der Waals surface area contributed by atoms with Crippen molar-refractivity contribution in [3.8, 4) is 0 Å². The molecule has 0 bridgehead atoms. The second-order valence-corrected chi connectivity index (χ2v) is 4.49. The first kappa shape index (κ1) is 10.3. The standard InChI is InChI=1S/C13H20N2/c1-10-6-7-12(14)13(11(10)2)15-8-4-3-5-9-15/h6-7H,3-5,8-9,14H2,1-2H3. The summed E-state index contributed by atoms with van der Waals surface area (Å²) >= 11 is 0. The van der Waals surface area contributed by atoms with Crippen LogP contribution in [0.25, 0.3) is 0 Å². The fourth-order valence-electron chi connectivity index (χ4n) is 2.36. The molecule has 15 heavy (non-hydrogen) atoms. The molecule has 2 heteroatoms. The lowest BCUT2D eigenvalue weighted by Crippen LogP contribution is -2.30. The highest BCUT2D eigenvalue weighted by Crippen LogP contribution is 2.31. The minimum Gasteiger partial charge on any atom is -0.397 e. The van der Waals surface area contributed by atoms with Crippen molar-refractivity contribution in [2.24, 2.45) is 0 Å². The van der Waals surface area contributed by atoms with E-state index < -0.39 is 0 Å². The van der Waals surface area contributed by atoms with Gasteiger partial charge in [-0.3, -0.25) is 0 Å². The topological polar surface area (TPSA) is 29.3 Å². The summed E-state index contributed by atoms with van der Waals surface area (Å²) in [5.41, 5.74) is 11.0. The van der Waals surface area contributed by atoms with Crippen LogP contribution < -0.4 is 10.6 Å². The number of hydrogen-bond acceptors (Lipinski definition) is 2. The average molecular weight is 204 g/mol. The fourth-order valence-corrected chi connectivity index (χ4v) is 2.36. The van der Waals surface area contributed by atoms with Gasteiger partial charge in [-0.2, -0.15) is 0 Å². The van der Waals surface area contributed by atoms with Gasteiger partial charge in [-0.25, -0.2) is 0 Å². The molecule has 0 radical (unpaired) electrons. The lowest BCUT2D eigenvalue weighted by Gasteiger charge is -2.31. The van der Waals surface area contributed by atoms with Crippen molar-refractivity contribution in [2.45, 2.75) is 33.1 Å². The SMILES string of the molecule is Cc1ccc(N)c(N2CCCCC2)c1C. The molecule has 0 spiro atoms. The summed E-state index contributed by atoms with van der Waals surface area (Å²) in [6.45, 7) is 6.65. The van der Waals surface area contributed by atoms with Crippen LogP contribution in [0.5, 0.6) is 0 Å². The van der Waals surface area contributed by atoms with Gasteiger partial charge in [-0.05, 0) is 50.3 Å². The van der Waals surface area contributed by atoms with E-state index in [-0.39, 0.29) is 0 Å². The Bertz CT molecular complexity index is 352. The lowest BCUT2D eigenvalue weighted by molar-refractivity contribution is 0.577. The van der Waals surface area contributed by atoms with Crippen molar-refractivity contribution in [3.63, 3.8) is 0 Å². The van der Waals surface area contributed by atoms with E-state index in [1.165, 1.54) is 36.1 Å². The van der Waals surface area contributed by atoms with Crippen LogP contribution in [0.2, 0.25) is 0 Å². The molecule has 2 rings (SSSR count). The Morgan fingerprint density at radius 3 is 2.40 bits per heavy atom. The number of piperidine rings is 1. The van der Waals surface area contributed by atoms with Crippen LogP contribution in [0.15, 0.2) is 12.1 Å². The van der Waals surface area contributed by atoms with Crippen LogP contribution in [0, 0.1) is 13.8 Å². The zero-order valence-electron chi connectivity index (χ0n) is 9.71. The van der Waals surface area contributed by atoms with Gasteiger partial charge in [-0.1, -0.05) is 6.07 Å². The van der Waals surface area contributed by atoms with Crippen LogP contribution in [0.4, 0.5) is 11.4 Å². The molecule has 1 aliphatic heterocycles. The molecule has 2 nitrogen and oxygen atoms in total. The van der Waals surface area contributed by atoms with Gasteiger partial charge in [-0.15, -0.1) is 0 Å². The number of rotatable bonds is 1. The van der Waals surface area contributed by atoms with E-state index in [1.807, 2.05) is 6.07 Å². The third kappa shape index (κ3) is 1.94. The lowest BCUT2D eigenvalue weighted by atomic mass is 10.0. The highest BCUT2D eigenvalue weighted by molar-refractivity contribution is 5.73. The van der Waals surface area contributed by atoms with Crippen LogP contribution >= 0.6 is 0 Å². The van der Waals surface area contributed by atoms with E-state index in [0.717, 1.165) is 18.8 Å². The molecule has 82 valence electrons. The van der Waals surface area contributed by atoms with Crippen LogP contribution in [0.1, 0.15) is 30.4 Å². The van der Waals surface area contributed by atoms with Crippen molar-refractivity contribution < 1.29 is 0 Å². The second kappa shape index (κ2) is 4.13.